The Hall–Kier alpha value is -1.17. The van der Waals surface area contributed by atoms with Crippen LogP contribution in [0.1, 0.15) is 30.9 Å². The Balaban J connectivity index is 1.74. The summed E-state index contributed by atoms with van der Waals surface area (Å²) in [5, 5.41) is 7.36. The standard InChI is InChI=1S/C16H21BrN2O2/c1-12(2)8-18-9-14-7-15(21-19-14)11-20-10-13-5-3-4-6-16(13)17/h3-7,12,18H,8-11H2,1-2H3. The monoisotopic (exact) mass is 352 g/mol. The zero-order valence-corrected chi connectivity index (χ0v) is 14.0. The third-order valence-corrected chi connectivity index (χ3v) is 3.70. The number of benzene rings is 1. The van der Waals surface area contributed by atoms with Crippen LogP contribution in [0.5, 0.6) is 0 Å². The van der Waals surface area contributed by atoms with Crippen molar-refractivity contribution < 1.29 is 9.26 Å². The molecule has 0 aliphatic rings. The average molecular weight is 353 g/mol. The van der Waals surface area contributed by atoms with Crippen LogP contribution in [0.3, 0.4) is 0 Å². The molecule has 1 aromatic heterocycles. The minimum Gasteiger partial charge on any atom is -0.369 e. The summed E-state index contributed by atoms with van der Waals surface area (Å²) in [5.41, 5.74) is 2.03. The number of nitrogens with one attached hydrogen (secondary N) is 1. The predicted molar refractivity (Wildman–Crippen MR) is 85.7 cm³/mol. The summed E-state index contributed by atoms with van der Waals surface area (Å²) in [6.07, 6.45) is 0. The Bertz CT molecular complexity index is 555. The van der Waals surface area contributed by atoms with Crippen molar-refractivity contribution in [3.05, 3.63) is 51.8 Å². The van der Waals surface area contributed by atoms with E-state index in [2.05, 4.69) is 40.3 Å². The van der Waals surface area contributed by atoms with Gasteiger partial charge in [-0.1, -0.05) is 53.1 Å². The molecular formula is C16H21BrN2O2. The van der Waals surface area contributed by atoms with Crippen LogP contribution in [0, 0.1) is 5.92 Å². The van der Waals surface area contributed by atoms with Gasteiger partial charge in [-0.05, 0) is 24.1 Å². The van der Waals surface area contributed by atoms with Crippen LogP contribution < -0.4 is 5.32 Å². The minimum atomic E-state index is 0.429. The molecule has 5 heteroatoms. The van der Waals surface area contributed by atoms with Crippen LogP contribution in [0.25, 0.3) is 0 Å². The lowest BCUT2D eigenvalue weighted by Gasteiger charge is -2.04. The maximum Gasteiger partial charge on any atom is 0.162 e. The Kier molecular flexibility index (Phi) is 6.42. The lowest BCUT2D eigenvalue weighted by molar-refractivity contribution is 0.0879. The summed E-state index contributed by atoms with van der Waals surface area (Å²) < 4.78 is 12.0. The molecule has 4 nitrogen and oxygen atoms in total. The summed E-state index contributed by atoms with van der Waals surface area (Å²) in [7, 11) is 0. The molecule has 0 unspecified atom stereocenters. The second-order valence-corrected chi connectivity index (χ2v) is 6.25. The molecule has 0 bridgehead atoms. The van der Waals surface area contributed by atoms with Crippen molar-refractivity contribution in [1.29, 1.82) is 0 Å². The van der Waals surface area contributed by atoms with Crippen LogP contribution >= 0.6 is 15.9 Å². The lowest BCUT2D eigenvalue weighted by atomic mass is 10.2. The molecule has 0 saturated heterocycles. The van der Waals surface area contributed by atoms with Gasteiger partial charge in [-0.3, -0.25) is 0 Å². The van der Waals surface area contributed by atoms with Crippen molar-refractivity contribution in [2.45, 2.75) is 33.6 Å². The molecule has 0 radical (unpaired) electrons. The van der Waals surface area contributed by atoms with Gasteiger partial charge in [0.15, 0.2) is 5.76 Å². The van der Waals surface area contributed by atoms with E-state index in [4.69, 9.17) is 9.26 Å². The lowest BCUT2D eigenvalue weighted by Crippen LogP contribution is -2.19. The Morgan fingerprint density at radius 2 is 2.10 bits per heavy atom. The highest BCUT2D eigenvalue weighted by atomic mass is 79.9. The number of hydrogen-bond donors (Lipinski definition) is 1. The average Bonchev–Trinajstić information content (AvgIpc) is 2.88. The molecule has 1 aromatic carbocycles. The first-order chi connectivity index (χ1) is 10.1. The van der Waals surface area contributed by atoms with Crippen molar-refractivity contribution in [2.75, 3.05) is 6.54 Å². The molecule has 1 heterocycles. The Labute approximate surface area is 134 Å². The van der Waals surface area contributed by atoms with Gasteiger partial charge in [0, 0.05) is 17.1 Å². The summed E-state index contributed by atoms with van der Waals surface area (Å²) in [6.45, 7) is 7.03. The minimum absolute atomic E-state index is 0.429. The fourth-order valence-electron chi connectivity index (χ4n) is 1.87. The number of nitrogens with zero attached hydrogens (tertiary/aromatic N) is 1. The maximum atomic E-state index is 5.66. The van der Waals surface area contributed by atoms with Crippen LogP contribution in [0.2, 0.25) is 0 Å². The molecule has 0 aliphatic carbocycles. The molecule has 0 fully saturated rings. The third-order valence-electron chi connectivity index (χ3n) is 2.93. The van der Waals surface area contributed by atoms with Crippen molar-refractivity contribution in [2.24, 2.45) is 5.92 Å². The summed E-state index contributed by atoms with van der Waals surface area (Å²) in [4.78, 5) is 0. The second-order valence-electron chi connectivity index (χ2n) is 5.39. The first-order valence-corrected chi connectivity index (χ1v) is 7.91. The normalized spacial score (nSPS) is 11.2. The predicted octanol–water partition coefficient (Wildman–Crippen LogP) is 3.90. The molecule has 2 aromatic rings. The second kappa shape index (κ2) is 8.32. The smallest absolute Gasteiger partial charge is 0.162 e. The van der Waals surface area contributed by atoms with Gasteiger partial charge in [-0.2, -0.15) is 0 Å². The van der Waals surface area contributed by atoms with Crippen molar-refractivity contribution in [3.63, 3.8) is 0 Å². The van der Waals surface area contributed by atoms with Gasteiger partial charge >= 0.3 is 0 Å². The molecule has 0 spiro atoms. The van der Waals surface area contributed by atoms with E-state index in [1.165, 1.54) is 0 Å². The molecular weight excluding hydrogens is 332 g/mol. The number of ether oxygens (including phenoxy) is 1. The molecule has 0 atom stereocenters. The van der Waals surface area contributed by atoms with E-state index < -0.39 is 0 Å². The SMILES string of the molecule is CC(C)CNCc1cc(COCc2ccccc2Br)on1. The highest BCUT2D eigenvalue weighted by Gasteiger charge is 2.05. The number of halogens is 1. The highest BCUT2D eigenvalue weighted by molar-refractivity contribution is 9.10. The van der Waals surface area contributed by atoms with Gasteiger partial charge in [0.05, 0.1) is 12.3 Å². The van der Waals surface area contributed by atoms with E-state index in [9.17, 15) is 0 Å². The fraction of sp³-hybridized carbons (Fsp3) is 0.438. The van der Waals surface area contributed by atoms with Gasteiger partial charge in [-0.25, -0.2) is 0 Å². The van der Waals surface area contributed by atoms with Crippen LogP contribution in [-0.2, 0) is 24.5 Å². The van der Waals surface area contributed by atoms with Gasteiger partial charge in [0.2, 0.25) is 0 Å². The van der Waals surface area contributed by atoms with Gasteiger partial charge in [-0.15, -0.1) is 0 Å². The van der Waals surface area contributed by atoms with E-state index >= 15 is 0 Å². The molecule has 114 valence electrons. The van der Waals surface area contributed by atoms with E-state index in [-0.39, 0.29) is 0 Å². The first-order valence-electron chi connectivity index (χ1n) is 7.11. The quantitative estimate of drug-likeness (QED) is 0.782. The zero-order valence-electron chi connectivity index (χ0n) is 12.4. The summed E-state index contributed by atoms with van der Waals surface area (Å²) >= 11 is 3.50. The van der Waals surface area contributed by atoms with Crippen molar-refractivity contribution in [3.8, 4) is 0 Å². The first kappa shape index (κ1) is 16.2. The van der Waals surface area contributed by atoms with Crippen LogP contribution in [0.15, 0.2) is 39.3 Å². The summed E-state index contributed by atoms with van der Waals surface area (Å²) in [6, 6.07) is 9.96. The molecule has 2 rings (SSSR count). The molecule has 21 heavy (non-hydrogen) atoms. The zero-order chi connectivity index (χ0) is 15.1. The Morgan fingerprint density at radius 1 is 1.29 bits per heavy atom. The topological polar surface area (TPSA) is 47.3 Å². The third kappa shape index (κ3) is 5.61. The molecule has 0 amide bonds. The van der Waals surface area contributed by atoms with Gasteiger partial charge < -0.3 is 14.6 Å². The Morgan fingerprint density at radius 3 is 2.86 bits per heavy atom. The van der Waals surface area contributed by atoms with Crippen LogP contribution in [0.4, 0.5) is 0 Å². The van der Waals surface area contributed by atoms with E-state index in [1.54, 1.807) is 0 Å². The van der Waals surface area contributed by atoms with Crippen molar-refractivity contribution in [1.82, 2.24) is 10.5 Å². The maximum absolute atomic E-state index is 5.66. The number of hydrogen-bond acceptors (Lipinski definition) is 4. The van der Waals surface area contributed by atoms with Crippen LogP contribution in [-0.4, -0.2) is 11.7 Å². The molecule has 1 N–H and O–H groups in total. The van der Waals surface area contributed by atoms with Gasteiger partial charge in [0.1, 0.15) is 6.61 Å². The van der Waals surface area contributed by atoms with E-state index in [0.717, 1.165) is 34.6 Å². The van der Waals surface area contributed by atoms with E-state index in [1.807, 2.05) is 30.3 Å². The highest BCUT2D eigenvalue weighted by Crippen LogP contribution is 2.17. The largest absolute Gasteiger partial charge is 0.369 e. The number of rotatable bonds is 8. The molecule has 0 saturated carbocycles. The fourth-order valence-corrected chi connectivity index (χ4v) is 2.27. The summed E-state index contributed by atoms with van der Waals surface area (Å²) in [5.74, 6) is 1.38. The number of aromatic nitrogens is 1. The van der Waals surface area contributed by atoms with Crippen molar-refractivity contribution >= 4 is 15.9 Å². The van der Waals surface area contributed by atoms with Gasteiger partial charge in [0.25, 0.3) is 0 Å². The molecule has 0 aliphatic heterocycles. The van der Waals surface area contributed by atoms with E-state index in [0.29, 0.717) is 19.1 Å².